The zero-order chi connectivity index (χ0) is 19.5. The van der Waals surface area contributed by atoms with Gasteiger partial charge in [-0.05, 0) is 62.7 Å². The molecular formula is C18H19BrClNO4S. The number of sulfonamides is 1. The summed E-state index contributed by atoms with van der Waals surface area (Å²) >= 11 is 9.43. The van der Waals surface area contributed by atoms with Crippen molar-refractivity contribution in [1.82, 2.24) is 0 Å². The summed E-state index contributed by atoms with van der Waals surface area (Å²) in [5.74, 6) is -0.639. The van der Waals surface area contributed by atoms with Crippen LogP contribution in [0.1, 0.15) is 19.4 Å². The summed E-state index contributed by atoms with van der Waals surface area (Å²) in [7, 11) is -3.99. The molecule has 0 unspecified atom stereocenters. The minimum atomic E-state index is -3.99. The molecular weight excluding hydrogens is 442 g/mol. The number of hydrogen-bond acceptors (Lipinski definition) is 4. The number of ether oxygens (including phenoxy) is 1. The lowest BCUT2D eigenvalue weighted by molar-refractivity contribution is -0.145. The van der Waals surface area contributed by atoms with Crippen molar-refractivity contribution in [3.63, 3.8) is 0 Å². The maximum atomic E-state index is 13.2. The van der Waals surface area contributed by atoms with Crippen molar-refractivity contribution in [2.45, 2.75) is 31.8 Å². The zero-order valence-corrected chi connectivity index (χ0v) is 17.7. The van der Waals surface area contributed by atoms with Crippen LogP contribution in [-0.4, -0.2) is 27.0 Å². The Labute approximate surface area is 167 Å². The van der Waals surface area contributed by atoms with Crippen LogP contribution in [-0.2, 0) is 19.6 Å². The van der Waals surface area contributed by atoms with Gasteiger partial charge in [-0.1, -0.05) is 33.6 Å². The number of rotatable bonds is 6. The summed E-state index contributed by atoms with van der Waals surface area (Å²) in [6.07, 6.45) is -0.347. The number of anilines is 1. The van der Waals surface area contributed by atoms with Crippen molar-refractivity contribution in [3.05, 3.63) is 57.5 Å². The van der Waals surface area contributed by atoms with E-state index in [1.54, 1.807) is 51.1 Å². The van der Waals surface area contributed by atoms with Gasteiger partial charge in [0, 0.05) is 9.50 Å². The van der Waals surface area contributed by atoms with Gasteiger partial charge in [0.15, 0.2) is 0 Å². The van der Waals surface area contributed by atoms with Gasteiger partial charge in [0.25, 0.3) is 10.0 Å². The van der Waals surface area contributed by atoms with Crippen LogP contribution in [0.3, 0.4) is 0 Å². The highest BCUT2D eigenvalue weighted by Gasteiger charge is 2.29. The molecule has 26 heavy (non-hydrogen) atoms. The molecule has 0 aliphatic carbocycles. The van der Waals surface area contributed by atoms with Crippen molar-refractivity contribution in [2.24, 2.45) is 0 Å². The fourth-order valence-electron chi connectivity index (χ4n) is 2.32. The Bertz CT molecular complexity index is 898. The van der Waals surface area contributed by atoms with E-state index < -0.39 is 22.5 Å². The normalized spacial score (nSPS) is 11.5. The highest BCUT2D eigenvalue weighted by Crippen LogP contribution is 2.31. The van der Waals surface area contributed by atoms with Crippen molar-refractivity contribution < 1.29 is 17.9 Å². The van der Waals surface area contributed by atoms with Crippen LogP contribution in [0.25, 0.3) is 0 Å². The topological polar surface area (TPSA) is 63.7 Å². The Morgan fingerprint density at radius 3 is 2.38 bits per heavy atom. The molecule has 0 saturated heterocycles. The molecule has 0 amide bonds. The minimum absolute atomic E-state index is 0.0671. The molecule has 2 rings (SSSR count). The lowest BCUT2D eigenvalue weighted by Gasteiger charge is -2.26. The monoisotopic (exact) mass is 459 g/mol. The second-order valence-electron chi connectivity index (χ2n) is 5.89. The van der Waals surface area contributed by atoms with Crippen LogP contribution < -0.4 is 4.31 Å². The standard InChI is InChI=1S/C18H19BrClNO4S/c1-12(2)25-18(22)11-21(17-6-4-5-16(20)13(17)3)26(23,24)15-9-7-14(19)8-10-15/h4-10,12H,11H2,1-3H3. The first-order valence-electron chi connectivity index (χ1n) is 7.86. The Balaban J connectivity index is 2.54. The molecule has 8 heteroatoms. The molecule has 140 valence electrons. The summed E-state index contributed by atoms with van der Waals surface area (Å²) in [6, 6.07) is 11.1. The third-order valence-corrected chi connectivity index (χ3v) is 6.26. The number of carbonyl (C=O) groups excluding carboxylic acids is 1. The Hall–Kier alpha value is -1.57. The van der Waals surface area contributed by atoms with Crippen LogP contribution >= 0.6 is 27.5 Å². The molecule has 0 aliphatic heterocycles. The average Bonchev–Trinajstić information content (AvgIpc) is 2.55. The lowest BCUT2D eigenvalue weighted by Crippen LogP contribution is -2.37. The smallest absolute Gasteiger partial charge is 0.327 e. The summed E-state index contributed by atoms with van der Waals surface area (Å²) in [5.41, 5.74) is 0.897. The Kier molecular flexibility index (Phi) is 6.71. The molecule has 2 aromatic rings. The molecule has 0 N–H and O–H groups in total. The zero-order valence-electron chi connectivity index (χ0n) is 14.6. The third-order valence-electron chi connectivity index (χ3n) is 3.55. The van der Waals surface area contributed by atoms with Crippen LogP contribution in [0.5, 0.6) is 0 Å². The van der Waals surface area contributed by atoms with E-state index in [1.807, 2.05) is 0 Å². The highest BCUT2D eigenvalue weighted by atomic mass is 79.9. The van der Waals surface area contributed by atoms with E-state index in [1.165, 1.54) is 12.1 Å². The van der Waals surface area contributed by atoms with E-state index >= 15 is 0 Å². The summed E-state index contributed by atoms with van der Waals surface area (Å²) in [4.78, 5) is 12.3. The predicted octanol–water partition coefficient (Wildman–Crippen LogP) is 4.56. The molecule has 2 aromatic carbocycles. The van der Waals surface area contributed by atoms with Crippen molar-refractivity contribution >= 4 is 49.2 Å². The van der Waals surface area contributed by atoms with E-state index in [0.717, 1.165) is 8.78 Å². The largest absolute Gasteiger partial charge is 0.462 e. The number of hydrogen-bond donors (Lipinski definition) is 0. The molecule has 0 aromatic heterocycles. The van der Waals surface area contributed by atoms with E-state index in [0.29, 0.717) is 16.3 Å². The molecule has 0 bridgehead atoms. The number of nitrogens with zero attached hydrogens (tertiary/aromatic N) is 1. The number of esters is 1. The summed E-state index contributed by atoms with van der Waals surface area (Å²) < 4.78 is 33.3. The van der Waals surface area contributed by atoms with E-state index in [-0.39, 0.29) is 11.0 Å². The predicted molar refractivity (Wildman–Crippen MR) is 106 cm³/mol. The molecule has 0 fully saturated rings. The van der Waals surface area contributed by atoms with Gasteiger partial charge < -0.3 is 4.74 Å². The second kappa shape index (κ2) is 8.41. The van der Waals surface area contributed by atoms with Crippen molar-refractivity contribution in [2.75, 3.05) is 10.8 Å². The molecule has 0 spiro atoms. The maximum Gasteiger partial charge on any atom is 0.327 e. The van der Waals surface area contributed by atoms with Gasteiger partial charge >= 0.3 is 5.97 Å². The summed E-state index contributed by atoms with van der Waals surface area (Å²) in [6.45, 7) is 4.67. The molecule has 0 aliphatic rings. The Morgan fingerprint density at radius 1 is 1.19 bits per heavy atom. The first-order chi connectivity index (χ1) is 12.1. The summed E-state index contributed by atoms with van der Waals surface area (Å²) in [5, 5.41) is 0.413. The van der Waals surface area contributed by atoms with Crippen molar-refractivity contribution in [1.29, 1.82) is 0 Å². The van der Waals surface area contributed by atoms with Crippen LogP contribution in [0, 0.1) is 6.92 Å². The molecule has 0 radical (unpaired) electrons. The van der Waals surface area contributed by atoms with E-state index in [2.05, 4.69) is 15.9 Å². The van der Waals surface area contributed by atoms with Crippen molar-refractivity contribution in [3.8, 4) is 0 Å². The fraction of sp³-hybridized carbons (Fsp3) is 0.278. The molecule has 0 atom stereocenters. The number of benzene rings is 2. The molecule has 5 nitrogen and oxygen atoms in total. The molecule has 0 saturated carbocycles. The SMILES string of the molecule is Cc1c(Cl)cccc1N(CC(=O)OC(C)C)S(=O)(=O)c1ccc(Br)cc1. The van der Waals surface area contributed by atoms with Gasteiger partial charge in [-0.25, -0.2) is 8.42 Å². The maximum absolute atomic E-state index is 13.2. The third kappa shape index (κ3) is 4.78. The van der Waals surface area contributed by atoms with Gasteiger partial charge in [-0.3, -0.25) is 9.10 Å². The average molecular weight is 461 g/mol. The highest BCUT2D eigenvalue weighted by molar-refractivity contribution is 9.10. The lowest BCUT2D eigenvalue weighted by atomic mass is 10.2. The van der Waals surface area contributed by atoms with Gasteiger partial charge in [0.05, 0.1) is 16.7 Å². The number of halogens is 2. The number of carbonyl (C=O) groups is 1. The van der Waals surface area contributed by atoms with Gasteiger partial charge in [-0.15, -0.1) is 0 Å². The molecule has 0 heterocycles. The van der Waals surface area contributed by atoms with Gasteiger partial charge in [0.2, 0.25) is 0 Å². The Morgan fingerprint density at radius 2 is 1.81 bits per heavy atom. The van der Waals surface area contributed by atoms with E-state index in [9.17, 15) is 13.2 Å². The first-order valence-corrected chi connectivity index (χ1v) is 10.5. The van der Waals surface area contributed by atoms with Crippen LogP contribution in [0.4, 0.5) is 5.69 Å². The van der Waals surface area contributed by atoms with Gasteiger partial charge in [0.1, 0.15) is 6.54 Å². The fourth-order valence-corrected chi connectivity index (χ4v) is 4.22. The first kappa shape index (κ1) is 20.7. The minimum Gasteiger partial charge on any atom is -0.462 e. The quantitative estimate of drug-likeness (QED) is 0.593. The van der Waals surface area contributed by atoms with Crippen LogP contribution in [0.2, 0.25) is 5.02 Å². The van der Waals surface area contributed by atoms with E-state index in [4.69, 9.17) is 16.3 Å². The second-order valence-corrected chi connectivity index (χ2v) is 9.07. The van der Waals surface area contributed by atoms with Gasteiger partial charge in [-0.2, -0.15) is 0 Å². The van der Waals surface area contributed by atoms with Crippen LogP contribution in [0.15, 0.2) is 51.8 Å².